The Kier molecular flexibility index (Phi) is 4.01. The molecule has 6 nitrogen and oxygen atoms in total. The molecule has 1 fully saturated rings. The highest BCUT2D eigenvalue weighted by Crippen LogP contribution is 2.38. The van der Waals surface area contributed by atoms with Gasteiger partial charge in [0.05, 0.1) is 0 Å². The maximum atomic E-state index is 12.2. The van der Waals surface area contributed by atoms with Crippen LogP contribution in [0.1, 0.15) is 35.2 Å². The van der Waals surface area contributed by atoms with E-state index in [1.54, 1.807) is 6.07 Å². The second kappa shape index (κ2) is 6.68. The lowest BCUT2D eigenvalue weighted by Crippen LogP contribution is -2.47. The van der Waals surface area contributed by atoms with Crippen LogP contribution < -0.4 is 10.5 Å². The maximum absolute atomic E-state index is 12.2. The summed E-state index contributed by atoms with van der Waals surface area (Å²) in [5.41, 5.74) is 2.60. The topological polar surface area (TPSA) is 75.1 Å². The predicted octanol–water partition coefficient (Wildman–Crippen LogP) is 2.92. The Morgan fingerprint density at radius 1 is 1.11 bits per heavy atom. The first-order valence-electron chi connectivity index (χ1n) is 9.59. The molecule has 28 heavy (non-hydrogen) atoms. The van der Waals surface area contributed by atoms with Gasteiger partial charge < -0.3 is 13.9 Å². The number of anilines is 1. The Morgan fingerprint density at radius 3 is 2.79 bits per heavy atom. The number of piperidine rings is 1. The molecular formula is C22H20N4O2. The number of rotatable bonds is 3. The van der Waals surface area contributed by atoms with Crippen LogP contribution in [0.25, 0.3) is 0 Å². The van der Waals surface area contributed by atoms with Crippen molar-refractivity contribution in [3.05, 3.63) is 81.7 Å². The van der Waals surface area contributed by atoms with Gasteiger partial charge in [-0.05, 0) is 24.0 Å². The summed E-state index contributed by atoms with van der Waals surface area (Å²) in [4.78, 5) is 18.8. The number of benzene rings is 1. The molecule has 0 unspecified atom stereocenters. The van der Waals surface area contributed by atoms with Crippen molar-refractivity contribution in [1.82, 2.24) is 9.55 Å². The fourth-order valence-corrected chi connectivity index (χ4v) is 4.55. The molecule has 0 N–H and O–H groups in total. The van der Waals surface area contributed by atoms with Crippen LogP contribution in [0.4, 0.5) is 5.88 Å². The van der Waals surface area contributed by atoms with Crippen LogP contribution in [0, 0.1) is 17.2 Å². The van der Waals surface area contributed by atoms with Crippen molar-refractivity contribution >= 4 is 5.88 Å². The molecule has 2 aliphatic rings. The average molecular weight is 372 g/mol. The van der Waals surface area contributed by atoms with Gasteiger partial charge in [-0.3, -0.25) is 4.79 Å². The Balaban J connectivity index is 1.44. The monoisotopic (exact) mass is 372 g/mol. The number of hydrogen-bond donors (Lipinski definition) is 0. The Morgan fingerprint density at radius 2 is 1.96 bits per heavy atom. The van der Waals surface area contributed by atoms with Gasteiger partial charge >= 0.3 is 0 Å². The Bertz CT molecular complexity index is 1110. The highest BCUT2D eigenvalue weighted by Gasteiger charge is 2.36. The molecule has 140 valence electrons. The summed E-state index contributed by atoms with van der Waals surface area (Å²) >= 11 is 0. The Hall–Kier alpha value is -3.33. The van der Waals surface area contributed by atoms with E-state index in [0.29, 0.717) is 29.8 Å². The summed E-state index contributed by atoms with van der Waals surface area (Å²) in [5.74, 6) is 1.75. The fraction of sp³-hybridized carbons (Fsp3) is 0.318. The Labute approximate surface area is 162 Å². The third-order valence-electron chi connectivity index (χ3n) is 5.72. The second-order valence-electron chi connectivity index (χ2n) is 7.64. The molecular weight excluding hydrogens is 352 g/mol. The molecule has 0 radical (unpaired) electrons. The van der Waals surface area contributed by atoms with Crippen molar-refractivity contribution < 1.29 is 4.42 Å². The highest BCUT2D eigenvalue weighted by molar-refractivity contribution is 5.49. The van der Waals surface area contributed by atoms with Gasteiger partial charge in [0.1, 0.15) is 6.07 Å². The minimum atomic E-state index is 0.0724. The molecule has 3 aromatic rings. The van der Waals surface area contributed by atoms with Crippen molar-refractivity contribution in [2.45, 2.75) is 25.3 Å². The lowest BCUT2D eigenvalue weighted by atomic mass is 9.83. The van der Waals surface area contributed by atoms with Crippen molar-refractivity contribution in [2.24, 2.45) is 5.92 Å². The summed E-state index contributed by atoms with van der Waals surface area (Å²) in [6.45, 7) is 2.22. The lowest BCUT2D eigenvalue weighted by molar-refractivity contribution is 0.274. The quantitative estimate of drug-likeness (QED) is 0.707. The lowest BCUT2D eigenvalue weighted by Gasteiger charge is -2.42. The van der Waals surface area contributed by atoms with E-state index in [0.717, 1.165) is 37.3 Å². The third-order valence-corrected chi connectivity index (χ3v) is 5.72. The molecule has 2 atom stereocenters. The SMILES string of the molecule is N#Cc1nc(Cc2ccccc2)oc1N1C[C@H]2C[C@@H](C1)c1cccc(=O)n1C2. The maximum Gasteiger partial charge on any atom is 0.250 e. The molecule has 0 saturated carbocycles. The number of nitrogens with zero attached hydrogens (tertiary/aromatic N) is 4. The molecule has 2 aliphatic heterocycles. The van der Waals surface area contributed by atoms with Gasteiger partial charge in [0.2, 0.25) is 17.5 Å². The van der Waals surface area contributed by atoms with E-state index in [2.05, 4.69) is 16.0 Å². The van der Waals surface area contributed by atoms with Crippen LogP contribution >= 0.6 is 0 Å². The van der Waals surface area contributed by atoms with Crippen molar-refractivity contribution in [3.8, 4) is 6.07 Å². The van der Waals surface area contributed by atoms with Gasteiger partial charge in [0.25, 0.3) is 5.56 Å². The normalized spacial score (nSPS) is 20.5. The molecule has 6 heteroatoms. The number of pyridine rings is 1. The van der Waals surface area contributed by atoms with Crippen LogP contribution in [0.3, 0.4) is 0 Å². The van der Waals surface area contributed by atoms with E-state index in [-0.39, 0.29) is 11.5 Å². The van der Waals surface area contributed by atoms with Crippen LogP contribution in [-0.2, 0) is 13.0 Å². The van der Waals surface area contributed by atoms with E-state index in [4.69, 9.17) is 4.42 Å². The number of fused-ring (bicyclic) bond motifs is 4. The van der Waals surface area contributed by atoms with Gasteiger partial charge in [-0.25, -0.2) is 4.98 Å². The largest absolute Gasteiger partial charge is 0.423 e. The van der Waals surface area contributed by atoms with E-state index >= 15 is 0 Å². The second-order valence-corrected chi connectivity index (χ2v) is 7.64. The van der Waals surface area contributed by atoms with Crippen LogP contribution in [-0.4, -0.2) is 22.6 Å². The first-order chi connectivity index (χ1) is 13.7. The van der Waals surface area contributed by atoms with Crippen LogP contribution in [0.5, 0.6) is 0 Å². The molecule has 2 bridgehead atoms. The van der Waals surface area contributed by atoms with Crippen molar-refractivity contribution in [3.63, 3.8) is 0 Å². The summed E-state index contributed by atoms with van der Waals surface area (Å²) in [6.07, 6.45) is 1.63. The standard InChI is InChI=1S/C22H20N4O2/c23-11-18-22(28-20(24-18)10-15-5-2-1-3-6-15)25-12-16-9-17(14-25)19-7-4-8-21(27)26(19)13-16/h1-8,16-17H,9-10,12-14H2/t16-,17+/m1/s1. The van der Waals surface area contributed by atoms with Crippen molar-refractivity contribution in [1.29, 1.82) is 5.26 Å². The molecule has 0 spiro atoms. The highest BCUT2D eigenvalue weighted by atomic mass is 16.4. The van der Waals surface area contributed by atoms with E-state index < -0.39 is 0 Å². The van der Waals surface area contributed by atoms with E-state index in [9.17, 15) is 10.1 Å². The molecule has 4 heterocycles. The minimum absolute atomic E-state index is 0.0724. The first kappa shape index (κ1) is 16.8. The van der Waals surface area contributed by atoms with Gasteiger partial charge in [-0.15, -0.1) is 0 Å². The number of oxazole rings is 1. The molecule has 1 saturated heterocycles. The van der Waals surface area contributed by atoms with Gasteiger partial charge in [-0.2, -0.15) is 5.26 Å². The summed E-state index contributed by atoms with van der Waals surface area (Å²) in [5, 5.41) is 9.58. The number of hydrogen-bond acceptors (Lipinski definition) is 5. The molecule has 0 amide bonds. The average Bonchev–Trinajstić information content (AvgIpc) is 3.12. The summed E-state index contributed by atoms with van der Waals surface area (Å²) in [7, 11) is 0. The fourth-order valence-electron chi connectivity index (χ4n) is 4.55. The van der Waals surface area contributed by atoms with E-state index in [1.807, 2.05) is 47.0 Å². The zero-order valence-corrected chi connectivity index (χ0v) is 15.4. The summed E-state index contributed by atoms with van der Waals surface area (Å²) in [6, 6.07) is 17.7. The molecule has 1 aromatic carbocycles. The third kappa shape index (κ3) is 2.89. The van der Waals surface area contributed by atoms with Gasteiger partial charge in [-0.1, -0.05) is 36.4 Å². The number of aromatic nitrogens is 2. The molecule has 2 aromatic heterocycles. The smallest absolute Gasteiger partial charge is 0.250 e. The molecule has 5 rings (SSSR count). The number of nitriles is 1. The minimum Gasteiger partial charge on any atom is -0.423 e. The molecule has 0 aliphatic carbocycles. The van der Waals surface area contributed by atoms with Crippen molar-refractivity contribution in [2.75, 3.05) is 18.0 Å². The zero-order valence-electron chi connectivity index (χ0n) is 15.4. The zero-order chi connectivity index (χ0) is 19.1. The van der Waals surface area contributed by atoms with Gasteiger partial charge in [0.15, 0.2) is 0 Å². The first-order valence-corrected chi connectivity index (χ1v) is 9.59. The van der Waals surface area contributed by atoms with Crippen LogP contribution in [0.15, 0.2) is 57.7 Å². The van der Waals surface area contributed by atoms with Gasteiger partial charge in [0, 0.05) is 43.7 Å². The van der Waals surface area contributed by atoms with E-state index in [1.165, 1.54) is 0 Å². The summed E-state index contributed by atoms with van der Waals surface area (Å²) < 4.78 is 7.96. The van der Waals surface area contributed by atoms with Crippen LogP contribution in [0.2, 0.25) is 0 Å². The predicted molar refractivity (Wildman–Crippen MR) is 104 cm³/mol.